The van der Waals surface area contributed by atoms with E-state index in [1.54, 1.807) is 38.5 Å². The monoisotopic (exact) mass is 633 g/mol. The summed E-state index contributed by atoms with van der Waals surface area (Å²) in [5.41, 5.74) is 1.19. The second kappa shape index (κ2) is 14.0. The van der Waals surface area contributed by atoms with E-state index in [0.29, 0.717) is 17.1 Å². The Labute approximate surface area is 272 Å². The van der Waals surface area contributed by atoms with Crippen LogP contribution in [0.2, 0.25) is 0 Å². The van der Waals surface area contributed by atoms with Crippen LogP contribution in [0.1, 0.15) is 39.7 Å². The van der Waals surface area contributed by atoms with E-state index >= 15 is 0 Å². The number of nitrogens with zero attached hydrogens (tertiary/aromatic N) is 2. The van der Waals surface area contributed by atoms with Crippen molar-refractivity contribution in [2.45, 2.75) is 30.5 Å². The summed E-state index contributed by atoms with van der Waals surface area (Å²) in [6.07, 6.45) is -0.433. The summed E-state index contributed by atoms with van der Waals surface area (Å²) in [7, 11) is 3.23. The van der Waals surface area contributed by atoms with E-state index in [2.05, 4.69) is 10.3 Å². The third-order valence-corrected chi connectivity index (χ3v) is 8.28. The van der Waals surface area contributed by atoms with Crippen molar-refractivity contribution in [3.63, 3.8) is 0 Å². The highest BCUT2D eigenvalue weighted by atomic mass is 16.6. The number of hydrogen-bond donors (Lipinski definition) is 2. The van der Waals surface area contributed by atoms with E-state index in [1.165, 1.54) is 16.8 Å². The smallest absolute Gasteiger partial charge is 0.351 e. The quantitative estimate of drug-likeness (QED) is 0.191. The number of nitrogens with one attached hydrogen (secondary N) is 1. The number of carbonyl (C=O) groups excluding carboxylic acids is 1. The van der Waals surface area contributed by atoms with E-state index < -0.39 is 29.7 Å². The van der Waals surface area contributed by atoms with Crippen molar-refractivity contribution in [1.82, 2.24) is 9.55 Å². The SMILES string of the molecule is COc1ccc(C(O[C@@H]2C[C@@H](n3ccc(NC(=O)c4ccccc4)nc3=O)O[C@H]2CO)(c2ccccc2)c2ccc(OC)cc2)cc1. The highest BCUT2D eigenvalue weighted by Gasteiger charge is 2.46. The minimum absolute atomic E-state index is 0.117. The molecule has 0 spiro atoms. The topological polar surface area (TPSA) is 121 Å². The van der Waals surface area contributed by atoms with Gasteiger partial charge in [0.1, 0.15) is 35.2 Å². The zero-order valence-corrected chi connectivity index (χ0v) is 26.0. The average molecular weight is 634 g/mol. The van der Waals surface area contributed by atoms with Gasteiger partial charge in [-0.25, -0.2) is 4.79 Å². The first-order chi connectivity index (χ1) is 22.9. The van der Waals surface area contributed by atoms with Gasteiger partial charge in [-0.2, -0.15) is 4.98 Å². The van der Waals surface area contributed by atoms with Gasteiger partial charge < -0.3 is 29.4 Å². The fraction of sp³-hybridized carbons (Fsp3) is 0.216. The first-order valence-corrected chi connectivity index (χ1v) is 15.2. The van der Waals surface area contributed by atoms with Gasteiger partial charge in [0.05, 0.1) is 26.9 Å². The molecule has 1 fully saturated rings. The molecule has 1 aliphatic rings. The number of benzene rings is 4. The Morgan fingerprint density at radius 2 is 1.40 bits per heavy atom. The lowest BCUT2D eigenvalue weighted by atomic mass is 9.79. The summed E-state index contributed by atoms with van der Waals surface area (Å²) in [6, 6.07) is 35.3. The molecule has 1 aromatic heterocycles. The molecule has 0 aliphatic carbocycles. The predicted octanol–water partition coefficient (Wildman–Crippen LogP) is 5.17. The van der Waals surface area contributed by atoms with Crippen molar-refractivity contribution < 1.29 is 28.8 Å². The number of ether oxygens (including phenoxy) is 4. The van der Waals surface area contributed by atoms with E-state index in [4.69, 9.17) is 18.9 Å². The Kier molecular flexibility index (Phi) is 9.44. The van der Waals surface area contributed by atoms with Crippen molar-refractivity contribution in [2.75, 3.05) is 26.1 Å². The van der Waals surface area contributed by atoms with E-state index in [0.717, 1.165) is 16.7 Å². The molecule has 5 aromatic rings. The van der Waals surface area contributed by atoms with Crippen LogP contribution in [0.3, 0.4) is 0 Å². The number of anilines is 1. The minimum Gasteiger partial charge on any atom is -0.497 e. The van der Waals surface area contributed by atoms with Crippen LogP contribution in [0.5, 0.6) is 11.5 Å². The third-order valence-electron chi connectivity index (χ3n) is 8.28. The van der Waals surface area contributed by atoms with Crippen molar-refractivity contribution in [2.24, 2.45) is 0 Å². The van der Waals surface area contributed by atoms with Crippen molar-refractivity contribution in [3.8, 4) is 11.5 Å². The zero-order valence-electron chi connectivity index (χ0n) is 26.0. The van der Waals surface area contributed by atoms with Gasteiger partial charge in [-0.3, -0.25) is 9.36 Å². The summed E-state index contributed by atoms with van der Waals surface area (Å²) < 4.78 is 25.6. The molecule has 2 heterocycles. The van der Waals surface area contributed by atoms with Crippen LogP contribution in [0.15, 0.2) is 126 Å². The maximum absolute atomic E-state index is 13.2. The van der Waals surface area contributed by atoms with E-state index in [-0.39, 0.29) is 24.8 Å². The number of rotatable bonds is 11. The van der Waals surface area contributed by atoms with Gasteiger partial charge in [0.2, 0.25) is 0 Å². The van der Waals surface area contributed by atoms with Crippen LogP contribution in [-0.4, -0.2) is 53.6 Å². The molecule has 0 saturated carbocycles. The normalized spacial score (nSPS) is 17.6. The Balaban J connectivity index is 1.35. The van der Waals surface area contributed by atoms with Crippen molar-refractivity contribution in [1.29, 1.82) is 0 Å². The standard InChI is InChI=1S/C37H35N3O7/c1-44-29-17-13-27(14-18-29)37(26-11-7-4-8-12-26,28-15-19-30(45-2)20-16-28)47-31-23-34(46-32(31)24-41)40-22-21-33(39-36(40)43)38-35(42)25-9-5-3-6-10-25/h3-22,31-32,34,41H,23-24H2,1-2H3,(H,38,39,42,43)/t31-,32+,34+/m1/s1. The second-order valence-corrected chi connectivity index (χ2v) is 11.0. The molecular formula is C37H35N3O7. The molecular weight excluding hydrogens is 598 g/mol. The Morgan fingerprint density at radius 3 is 1.94 bits per heavy atom. The lowest BCUT2D eigenvalue weighted by Crippen LogP contribution is -2.40. The molecule has 1 aliphatic heterocycles. The third kappa shape index (κ3) is 6.52. The van der Waals surface area contributed by atoms with Crippen LogP contribution in [-0.2, 0) is 15.1 Å². The molecule has 0 radical (unpaired) electrons. The largest absolute Gasteiger partial charge is 0.497 e. The number of aromatic nitrogens is 2. The zero-order chi connectivity index (χ0) is 32.8. The summed E-state index contributed by atoms with van der Waals surface area (Å²) in [4.78, 5) is 29.9. The molecule has 0 unspecified atom stereocenters. The second-order valence-electron chi connectivity index (χ2n) is 11.0. The van der Waals surface area contributed by atoms with Gasteiger partial charge >= 0.3 is 5.69 Å². The number of aliphatic hydroxyl groups excluding tert-OH is 1. The maximum atomic E-state index is 13.2. The lowest BCUT2D eigenvalue weighted by Gasteiger charge is -2.39. The molecule has 10 heteroatoms. The van der Waals surface area contributed by atoms with Crippen LogP contribution in [0, 0.1) is 0 Å². The molecule has 2 N–H and O–H groups in total. The van der Waals surface area contributed by atoms with Gasteiger partial charge in [-0.15, -0.1) is 0 Å². The van der Waals surface area contributed by atoms with Crippen LogP contribution >= 0.6 is 0 Å². The molecule has 6 rings (SSSR count). The molecule has 10 nitrogen and oxygen atoms in total. The fourth-order valence-electron chi connectivity index (χ4n) is 5.89. The van der Waals surface area contributed by atoms with Gasteiger partial charge in [-0.05, 0) is 59.2 Å². The predicted molar refractivity (Wildman–Crippen MR) is 176 cm³/mol. The summed E-state index contributed by atoms with van der Waals surface area (Å²) in [5.74, 6) is 1.12. The number of amides is 1. The van der Waals surface area contributed by atoms with Crippen LogP contribution in [0.25, 0.3) is 0 Å². The summed E-state index contributed by atoms with van der Waals surface area (Å²) >= 11 is 0. The van der Waals surface area contributed by atoms with Crippen LogP contribution < -0.4 is 20.5 Å². The van der Waals surface area contributed by atoms with E-state index in [1.807, 2.05) is 84.9 Å². The highest BCUT2D eigenvalue weighted by molar-refractivity contribution is 6.03. The molecule has 0 bridgehead atoms. The van der Waals surface area contributed by atoms with Crippen molar-refractivity contribution in [3.05, 3.63) is 154 Å². The number of carbonyl (C=O) groups is 1. The van der Waals surface area contributed by atoms with E-state index in [9.17, 15) is 14.7 Å². The molecule has 240 valence electrons. The van der Waals surface area contributed by atoms with Gasteiger partial charge in [0, 0.05) is 18.2 Å². The Hall–Kier alpha value is -5.29. The van der Waals surface area contributed by atoms with Crippen molar-refractivity contribution >= 4 is 11.7 Å². The Morgan fingerprint density at radius 1 is 0.851 bits per heavy atom. The van der Waals surface area contributed by atoms with Crippen LogP contribution in [0.4, 0.5) is 5.82 Å². The fourth-order valence-corrected chi connectivity index (χ4v) is 5.89. The minimum atomic E-state index is -1.15. The number of methoxy groups -OCH3 is 2. The first kappa shape index (κ1) is 31.7. The lowest BCUT2D eigenvalue weighted by molar-refractivity contribution is -0.0994. The highest BCUT2D eigenvalue weighted by Crippen LogP contribution is 2.45. The average Bonchev–Trinajstić information content (AvgIpc) is 3.53. The summed E-state index contributed by atoms with van der Waals surface area (Å²) in [6.45, 7) is -0.343. The molecule has 3 atom stereocenters. The first-order valence-electron chi connectivity index (χ1n) is 15.2. The Bertz CT molecular complexity index is 1800. The molecule has 4 aromatic carbocycles. The van der Waals surface area contributed by atoms with Gasteiger partial charge in [-0.1, -0.05) is 72.8 Å². The molecule has 1 saturated heterocycles. The van der Waals surface area contributed by atoms with Gasteiger partial charge in [0.25, 0.3) is 5.91 Å². The molecule has 1 amide bonds. The summed E-state index contributed by atoms with van der Waals surface area (Å²) in [5, 5.41) is 13.1. The van der Waals surface area contributed by atoms with Gasteiger partial charge in [0.15, 0.2) is 0 Å². The maximum Gasteiger partial charge on any atom is 0.351 e. The number of aliphatic hydroxyl groups is 1. The molecule has 47 heavy (non-hydrogen) atoms. The number of hydrogen-bond acceptors (Lipinski definition) is 8.